The zero-order chi connectivity index (χ0) is 15.8. The molecule has 4 nitrogen and oxygen atoms in total. The summed E-state index contributed by atoms with van der Waals surface area (Å²) in [5.74, 6) is 1.02. The minimum atomic E-state index is 0.333. The van der Waals surface area contributed by atoms with E-state index >= 15 is 0 Å². The fourth-order valence-electron chi connectivity index (χ4n) is 2.67. The SMILES string of the molecule is Cc1cccn2cc(-c3ccc(-c4ccc(C=O)o4)cc3)nc12. The van der Waals surface area contributed by atoms with Gasteiger partial charge in [-0.3, -0.25) is 4.79 Å². The van der Waals surface area contributed by atoms with Gasteiger partial charge in [0.05, 0.1) is 5.69 Å². The maximum Gasteiger partial charge on any atom is 0.185 e. The van der Waals surface area contributed by atoms with Gasteiger partial charge in [0.2, 0.25) is 0 Å². The van der Waals surface area contributed by atoms with Gasteiger partial charge in [-0.1, -0.05) is 30.3 Å². The Morgan fingerprint density at radius 2 is 1.83 bits per heavy atom. The number of aryl methyl sites for hydroxylation is 1. The third kappa shape index (κ3) is 2.34. The number of nitrogens with zero attached hydrogens (tertiary/aromatic N) is 2. The van der Waals surface area contributed by atoms with E-state index in [0.717, 1.165) is 28.0 Å². The van der Waals surface area contributed by atoms with E-state index in [-0.39, 0.29) is 0 Å². The third-order valence-corrected chi connectivity index (χ3v) is 3.89. The van der Waals surface area contributed by atoms with Gasteiger partial charge in [0, 0.05) is 23.5 Å². The molecule has 3 aromatic heterocycles. The van der Waals surface area contributed by atoms with Crippen LogP contribution in [-0.2, 0) is 0 Å². The first kappa shape index (κ1) is 13.5. The van der Waals surface area contributed by atoms with Gasteiger partial charge < -0.3 is 8.82 Å². The summed E-state index contributed by atoms with van der Waals surface area (Å²) in [7, 11) is 0. The topological polar surface area (TPSA) is 47.5 Å². The van der Waals surface area contributed by atoms with Gasteiger partial charge in [-0.05, 0) is 30.7 Å². The molecule has 0 saturated carbocycles. The molecule has 0 amide bonds. The van der Waals surface area contributed by atoms with Crippen molar-refractivity contribution in [2.24, 2.45) is 0 Å². The molecule has 0 atom stereocenters. The number of hydrogen-bond acceptors (Lipinski definition) is 3. The molecule has 112 valence electrons. The van der Waals surface area contributed by atoms with E-state index in [4.69, 9.17) is 9.40 Å². The van der Waals surface area contributed by atoms with Crippen LogP contribution in [0, 0.1) is 6.92 Å². The van der Waals surface area contributed by atoms with Gasteiger partial charge in [0.25, 0.3) is 0 Å². The molecule has 4 aromatic rings. The van der Waals surface area contributed by atoms with Crippen LogP contribution in [0.1, 0.15) is 16.1 Å². The number of rotatable bonds is 3. The first-order valence-corrected chi connectivity index (χ1v) is 7.35. The molecule has 23 heavy (non-hydrogen) atoms. The molecule has 3 heterocycles. The summed E-state index contributed by atoms with van der Waals surface area (Å²) in [5, 5.41) is 0. The second kappa shape index (κ2) is 5.25. The Kier molecular flexibility index (Phi) is 3.08. The maximum absolute atomic E-state index is 10.7. The number of pyridine rings is 1. The highest BCUT2D eigenvalue weighted by atomic mass is 16.3. The predicted molar refractivity (Wildman–Crippen MR) is 88.5 cm³/mol. The molecule has 0 radical (unpaired) electrons. The van der Waals surface area contributed by atoms with Gasteiger partial charge in [-0.2, -0.15) is 0 Å². The quantitative estimate of drug-likeness (QED) is 0.528. The Labute approximate surface area is 133 Å². The van der Waals surface area contributed by atoms with Crippen molar-refractivity contribution in [3.63, 3.8) is 0 Å². The summed E-state index contributed by atoms with van der Waals surface area (Å²) < 4.78 is 7.47. The molecule has 0 aliphatic rings. The molecule has 0 aliphatic carbocycles. The summed E-state index contributed by atoms with van der Waals surface area (Å²) in [5.41, 5.74) is 5.01. The van der Waals surface area contributed by atoms with E-state index in [0.29, 0.717) is 17.8 Å². The lowest BCUT2D eigenvalue weighted by atomic mass is 10.1. The minimum absolute atomic E-state index is 0.333. The van der Waals surface area contributed by atoms with Gasteiger partial charge >= 0.3 is 0 Å². The van der Waals surface area contributed by atoms with E-state index in [9.17, 15) is 4.79 Å². The number of aldehydes is 1. The zero-order valence-corrected chi connectivity index (χ0v) is 12.6. The van der Waals surface area contributed by atoms with Crippen molar-refractivity contribution in [1.29, 1.82) is 0 Å². The highest BCUT2D eigenvalue weighted by Gasteiger charge is 2.08. The lowest BCUT2D eigenvalue weighted by molar-refractivity contribution is 0.110. The molecule has 0 aliphatic heterocycles. The summed E-state index contributed by atoms with van der Waals surface area (Å²) in [6.45, 7) is 2.05. The Morgan fingerprint density at radius 1 is 1.04 bits per heavy atom. The molecule has 0 fully saturated rings. The summed E-state index contributed by atoms with van der Waals surface area (Å²) in [6, 6.07) is 15.5. The van der Waals surface area contributed by atoms with Crippen molar-refractivity contribution < 1.29 is 9.21 Å². The first-order chi connectivity index (χ1) is 11.2. The fraction of sp³-hybridized carbons (Fsp3) is 0.0526. The molecule has 0 N–H and O–H groups in total. The number of carbonyl (C=O) groups excluding carboxylic acids is 1. The molecule has 4 rings (SSSR count). The molecule has 0 spiro atoms. The molecule has 0 bridgehead atoms. The molecule has 0 saturated heterocycles. The highest BCUT2D eigenvalue weighted by Crippen LogP contribution is 2.26. The van der Waals surface area contributed by atoms with E-state index in [1.165, 1.54) is 0 Å². The highest BCUT2D eigenvalue weighted by molar-refractivity contribution is 5.73. The van der Waals surface area contributed by atoms with Crippen LogP contribution in [-0.4, -0.2) is 15.7 Å². The summed E-state index contributed by atoms with van der Waals surface area (Å²) >= 11 is 0. The number of furan rings is 1. The van der Waals surface area contributed by atoms with E-state index in [1.807, 2.05) is 47.1 Å². The smallest absolute Gasteiger partial charge is 0.185 e. The van der Waals surface area contributed by atoms with Crippen LogP contribution < -0.4 is 0 Å². The lowest BCUT2D eigenvalue weighted by Crippen LogP contribution is -1.83. The van der Waals surface area contributed by atoms with Crippen LogP contribution >= 0.6 is 0 Å². The Balaban J connectivity index is 1.71. The Hall–Kier alpha value is -3.14. The monoisotopic (exact) mass is 302 g/mol. The van der Waals surface area contributed by atoms with Gasteiger partial charge in [-0.15, -0.1) is 0 Å². The normalized spacial score (nSPS) is 11.0. The average Bonchev–Trinajstić information content (AvgIpc) is 3.22. The number of carbonyl (C=O) groups is 1. The van der Waals surface area contributed by atoms with Crippen LogP contribution in [0.5, 0.6) is 0 Å². The largest absolute Gasteiger partial charge is 0.453 e. The molecular formula is C19H14N2O2. The zero-order valence-electron chi connectivity index (χ0n) is 12.6. The van der Waals surface area contributed by atoms with Crippen LogP contribution in [0.15, 0.2) is 65.3 Å². The number of hydrogen-bond donors (Lipinski definition) is 0. The van der Waals surface area contributed by atoms with Crippen molar-refractivity contribution in [3.05, 3.63) is 72.2 Å². The van der Waals surface area contributed by atoms with Gasteiger partial charge in [-0.25, -0.2) is 4.98 Å². The Morgan fingerprint density at radius 3 is 2.52 bits per heavy atom. The molecule has 4 heteroatoms. The van der Waals surface area contributed by atoms with Crippen LogP contribution in [0.3, 0.4) is 0 Å². The second-order valence-corrected chi connectivity index (χ2v) is 5.45. The number of benzene rings is 1. The fourth-order valence-corrected chi connectivity index (χ4v) is 2.67. The summed E-state index contributed by atoms with van der Waals surface area (Å²) in [4.78, 5) is 15.4. The Bertz CT molecular complexity index is 994. The number of imidazole rings is 1. The van der Waals surface area contributed by atoms with E-state index in [2.05, 4.69) is 13.0 Å². The average molecular weight is 302 g/mol. The second-order valence-electron chi connectivity index (χ2n) is 5.45. The van der Waals surface area contributed by atoms with Crippen LogP contribution in [0.25, 0.3) is 28.2 Å². The number of fused-ring (bicyclic) bond motifs is 1. The van der Waals surface area contributed by atoms with Crippen molar-refractivity contribution in [2.75, 3.05) is 0 Å². The first-order valence-electron chi connectivity index (χ1n) is 7.35. The molecule has 0 unspecified atom stereocenters. The van der Waals surface area contributed by atoms with E-state index in [1.54, 1.807) is 12.1 Å². The number of aromatic nitrogens is 2. The van der Waals surface area contributed by atoms with Gasteiger partial charge in [0.15, 0.2) is 12.0 Å². The predicted octanol–water partition coefficient (Wildman–Crippen LogP) is 4.38. The maximum atomic E-state index is 10.7. The van der Waals surface area contributed by atoms with Crippen molar-refractivity contribution in [1.82, 2.24) is 9.38 Å². The lowest BCUT2D eigenvalue weighted by Gasteiger charge is -1.99. The summed E-state index contributed by atoms with van der Waals surface area (Å²) in [6.07, 6.45) is 4.72. The molecule has 1 aromatic carbocycles. The van der Waals surface area contributed by atoms with Crippen LogP contribution in [0.2, 0.25) is 0 Å². The van der Waals surface area contributed by atoms with Crippen LogP contribution in [0.4, 0.5) is 0 Å². The van der Waals surface area contributed by atoms with Crippen molar-refractivity contribution in [3.8, 4) is 22.6 Å². The third-order valence-electron chi connectivity index (χ3n) is 3.89. The standard InChI is InChI=1S/C19H14N2O2/c1-13-3-2-10-21-11-17(20-19(13)21)14-4-6-15(7-5-14)18-9-8-16(12-22)23-18/h2-12H,1H3. The van der Waals surface area contributed by atoms with Crippen molar-refractivity contribution >= 4 is 11.9 Å². The minimum Gasteiger partial charge on any atom is -0.453 e. The van der Waals surface area contributed by atoms with Gasteiger partial charge in [0.1, 0.15) is 11.4 Å². The molecular weight excluding hydrogens is 288 g/mol. The van der Waals surface area contributed by atoms with Crippen molar-refractivity contribution in [2.45, 2.75) is 6.92 Å². The van der Waals surface area contributed by atoms with E-state index < -0.39 is 0 Å².